The molecule has 1 saturated heterocycles. The van der Waals surface area contributed by atoms with E-state index in [0.29, 0.717) is 19.6 Å². The molecule has 1 aliphatic rings. The second-order valence-electron chi connectivity index (χ2n) is 6.47. The van der Waals surface area contributed by atoms with E-state index >= 15 is 0 Å². The molecule has 142 valence electrons. The number of piperazine rings is 1. The molecule has 1 aromatic carbocycles. The molecule has 0 saturated carbocycles. The van der Waals surface area contributed by atoms with Crippen molar-refractivity contribution in [3.63, 3.8) is 0 Å². The van der Waals surface area contributed by atoms with Crippen LogP contribution in [-0.2, 0) is 10.0 Å². The number of nitrogens with one attached hydrogen (secondary N) is 1. The van der Waals surface area contributed by atoms with Gasteiger partial charge in [0.25, 0.3) is 0 Å². The summed E-state index contributed by atoms with van der Waals surface area (Å²) < 4.78 is 28.3. The number of nitrogens with zero attached hydrogens (tertiary/aromatic N) is 2. The van der Waals surface area contributed by atoms with Crippen molar-refractivity contribution in [2.45, 2.75) is 30.7 Å². The van der Waals surface area contributed by atoms with Crippen molar-refractivity contribution in [2.24, 2.45) is 0 Å². The van der Waals surface area contributed by atoms with Crippen LogP contribution in [-0.4, -0.2) is 37.3 Å². The SMILES string of the molecule is CC(C)c1ccc(Cl)c(S(=O)(=O)N2CCNCC2c2cccnc2)c1.Cl. The van der Waals surface area contributed by atoms with E-state index in [9.17, 15) is 8.42 Å². The molecule has 1 fully saturated rings. The van der Waals surface area contributed by atoms with Crippen LogP contribution < -0.4 is 5.32 Å². The van der Waals surface area contributed by atoms with Crippen LogP contribution in [0.2, 0.25) is 5.02 Å². The van der Waals surface area contributed by atoms with Crippen molar-refractivity contribution in [1.82, 2.24) is 14.6 Å². The summed E-state index contributed by atoms with van der Waals surface area (Å²) in [6.07, 6.45) is 3.40. The molecule has 3 rings (SSSR count). The maximum Gasteiger partial charge on any atom is 0.245 e. The largest absolute Gasteiger partial charge is 0.313 e. The lowest BCUT2D eigenvalue weighted by molar-refractivity contribution is 0.271. The van der Waals surface area contributed by atoms with E-state index in [2.05, 4.69) is 10.3 Å². The highest BCUT2D eigenvalue weighted by Crippen LogP contribution is 2.33. The molecule has 1 aliphatic heterocycles. The predicted octanol–water partition coefficient (Wildman–Crippen LogP) is 3.62. The average Bonchev–Trinajstić information content (AvgIpc) is 2.62. The van der Waals surface area contributed by atoms with Crippen LogP contribution in [0.25, 0.3) is 0 Å². The monoisotopic (exact) mass is 415 g/mol. The van der Waals surface area contributed by atoms with Crippen LogP contribution in [0.1, 0.15) is 36.9 Å². The van der Waals surface area contributed by atoms with Gasteiger partial charge in [-0.15, -0.1) is 12.4 Å². The normalized spacial score (nSPS) is 18.5. The van der Waals surface area contributed by atoms with Crippen molar-refractivity contribution < 1.29 is 8.42 Å². The number of pyridine rings is 1. The lowest BCUT2D eigenvalue weighted by atomic mass is 10.0. The molecule has 5 nitrogen and oxygen atoms in total. The summed E-state index contributed by atoms with van der Waals surface area (Å²) >= 11 is 6.26. The summed E-state index contributed by atoms with van der Waals surface area (Å²) in [6.45, 7) is 5.61. The van der Waals surface area contributed by atoms with Crippen molar-refractivity contribution in [3.05, 3.63) is 58.9 Å². The Kier molecular flexibility index (Phi) is 7.05. The van der Waals surface area contributed by atoms with Crippen molar-refractivity contribution in [1.29, 1.82) is 0 Å². The highest BCUT2D eigenvalue weighted by molar-refractivity contribution is 7.89. The van der Waals surface area contributed by atoms with Gasteiger partial charge in [-0.2, -0.15) is 4.31 Å². The van der Waals surface area contributed by atoms with Gasteiger partial charge in [0.15, 0.2) is 0 Å². The second kappa shape index (κ2) is 8.67. The number of rotatable bonds is 4. The van der Waals surface area contributed by atoms with E-state index in [1.54, 1.807) is 24.5 Å². The van der Waals surface area contributed by atoms with Crippen molar-refractivity contribution in [3.8, 4) is 0 Å². The Morgan fingerprint density at radius 1 is 1.31 bits per heavy atom. The molecule has 1 atom stereocenters. The second-order valence-corrected chi connectivity index (χ2v) is 8.73. The van der Waals surface area contributed by atoms with Gasteiger partial charge in [-0.25, -0.2) is 8.42 Å². The van der Waals surface area contributed by atoms with Gasteiger partial charge in [0, 0.05) is 32.0 Å². The summed E-state index contributed by atoms with van der Waals surface area (Å²) in [5.41, 5.74) is 1.82. The van der Waals surface area contributed by atoms with E-state index in [1.807, 2.05) is 32.0 Å². The minimum atomic E-state index is -3.71. The van der Waals surface area contributed by atoms with Gasteiger partial charge in [0.1, 0.15) is 4.90 Å². The number of aromatic nitrogens is 1. The smallest absolute Gasteiger partial charge is 0.245 e. The highest BCUT2D eigenvalue weighted by atomic mass is 35.5. The molecule has 8 heteroatoms. The Balaban J connectivity index is 0.00000243. The number of hydrogen-bond donors (Lipinski definition) is 1. The van der Waals surface area contributed by atoms with Crippen LogP contribution >= 0.6 is 24.0 Å². The van der Waals surface area contributed by atoms with Crippen LogP contribution in [0.4, 0.5) is 0 Å². The van der Waals surface area contributed by atoms with Crippen LogP contribution in [0.5, 0.6) is 0 Å². The molecule has 2 heterocycles. The van der Waals surface area contributed by atoms with Gasteiger partial charge in [-0.1, -0.05) is 37.6 Å². The van der Waals surface area contributed by atoms with Gasteiger partial charge in [-0.3, -0.25) is 4.98 Å². The topological polar surface area (TPSA) is 62.3 Å². The first-order valence-electron chi connectivity index (χ1n) is 8.33. The zero-order valence-corrected chi connectivity index (χ0v) is 17.1. The van der Waals surface area contributed by atoms with E-state index in [4.69, 9.17) is 11.6 Å². The maximum absolute atomic E-state index is 13.4. The Bertz CT molecular complexity index is 845. The molecule has 2 aromatic rings. The Morgan fingerprint density at radius 2 is 2.08 bits per heavy atom. The first kappa shape index (κ1) is 21.1. The van der Waals surface area contributed by atoms with Gasteiger partial charge in [0.05, 0.1) is 11.1 Å². The van der Waals surface area contributed by atoms with E-state index in [0.717, 1.165) is 11.1 Å². The zero-order chi connectivity index (χ0) is 18.0. The molecule has 0 amide bonds. The first-order chi connectivity index (χ1) is 11.9. The fraction of sp³-hybridized carbons (Fsp3) is 0.389. The van der Waals surface area contributed by atoms with E-state index in [1.165, 1.54) is 4.31 Å². The molecule has 26 heavy (non-hydrogen) atoms. The fourth-order valence-corrected chi connectivity index (χ4v) is 5.16. The summed E-state index contributed by atoms with van der Waals surface area (Å²) in [6, 6.07) is 8.67. The summed E-state index contributed by atoms with van der Waals surface area (Å²) in [4.78, 5) is 4.31. The molecule has 0 bridgehead atoms. The quantitative estimate of drug-likeness (QED) is 0.827. The number of benzene rings is 1. The van der Waals surface area contributed by atoms with Gasteiger partial charge >= 0.3 is 0 Å². The Morgan fingerprint density at radius 3 is 2.73 bits per heavy atom. The number of halogens is 2. The lowest BCUT2D eigenvalue weighted by Gasteiger charge is -2.35. The summed E-state index contributed by atoms with van der Waals surface area (Å²) in [7, 11) is -3.71. The van der Waals surface area contributed by atoms with Crippen molar-refractivity contribution in [2.75, 3.05) is 19.6 Å². The molecule has 1 unspecified atom stereocenters. The minimum Gasteiger partial charge on any atom is -0.313 e. The van der Waals surface area contributed by atoms with E-state index < -0.39 is 10.0 Å². The molecule has 1 N–H and O–H groups in total. The lowest BCUT2D eigenvalue weighted by Crippen LogP contribution is -2.48. The standard InChI is InChI=1S/C18H22ClN3O2S.ClH/c1-13(2)14-5-6-16(19)18(10-14)25(23,24)22-9-8-21-12-17(22)15-4-3-7-20-11-15;/h3-7,10-11,13,17,21H,8-9,12H2,1-2H3;1H. The Labute approximate surface area is 166 Å². The van der Waals surface area contributed by atoms with Gasteiger partial charge < -0.3 is 5.32 Å². The molecule has 1 aromatic heterocycles. The Hall–Kier alpha value is -1.18. The average molecular weight is 416 g/mol. The fourth-order valence-electron chi connectivity index (χ4n) is 3.03. The van der Waals surface area contributed by atoms with Crippen LogP contribution in [0.15, 0.2) is 47.6 Å². The van der Waals surface area contributed by atoms with Crippen molar-refractivity contribution >= 4 is 34.0 Å². The number of sulfonamides is 1. The molecular weight excluding hydrogens is 393 g/mol. The van der Waals surface area contributed by atoms with Gasteiger partial charge in [0.2, 0.25) is 10.0 Å². The summed E-state index contributed by atoms with van der Waals surface area (Å²) in [5, 5.41) is 3.52. The van der Waals surface area contributed by atoms with Crippen LogP contribution in [0.3, 0.4) is 0 Å². The van der Waals surface area contributed by atoms with Gasteiger partial charge in [-0.05, 0) is 35.2 Å². The zero-order valence-electron chi connectivity index (χ0n) is 14.7. The molecule has 0 radical (unpaired) electrons. The minimum absolute atomic E-state index is 0. The molecular formula is C18H23Cl2N3O2S. The predicted molar refractivity (Wildman–Crippen MR) is 107 cm³/mol. The first-order valence-corrected chi connectivity index (χ1v) is 10.1. The third-order valence-corrected chi connectivity index (χ3v) is 6.86. The molecule has 0 aliphatic carbocycles. The maximum atomic E-state index is 13.4. The third-order valence-electron chi connectivity index (χ3n) is 4.47. The molecule has 0 spiro atoms. The summed E-state index contributed by atoms with van der Waals surface area (Å²) in [5.74, 6) is 0.225. The highest BCUT2D eigenvalue weighted by Gasteiger charge is 2.35. The number of hydrogen-bond acceptors (Lipinski definition) is 4. The third kappa shape index (κ3) is 4.21. The van der Waals surface area contributed by atoms with Crippen LogP contribution in [0, 0.1) is 0 Å². The van der Waals surface area contributed by atoms with E-state index in [-0.39, 0.29) is 34.3 Å².